The molecule has 0 bridgehead atoms. The number of hydrogen-bond acceptors (Lipinski definition) is 0. The fourth-order valence-electron chi connectivity index (χ4n) is 0.171. The van der Waals surface area contributed by atoms with Crippen LogP contribution in [0, 0.1) is 7.11 Å². The first kappa shape index (κ1) is 12.2. The van der Waals surface area contributed by atoms with E-state index in [1.54, 1.807) is 7.11 Å². The minimum absolute atomic E-state index is 0.750. The van der Waals surface area contributed by atoms with Gasteiger partial charge >= 0.3 is 0 Å². The Kier molecular flexibility index (Phi) is 21.3. The summed E-state index contributed by atoms with van der Waals surface area (Å²) in [6.07, 6.45) is 0. The Morgan fingerprint density at radius 3 is 1.89 bits per heavy atom. The van der Waals surface area contributed by atoms with Crippen molar-refractivity contribution in [2.45, 2.75) is 11.6 Å². The van der Waals surface area contributed by atoms with Crippen LogP contribution in [-0.4, -0.2) is 45.0 Å². The van der Waals surface area contributed by atoms with Crippen molar-refractivity contribution < 1.29 is 9.47 Å². The molecule has 0 fully saturated rings. The van der Waals surface area contributed by atoms with Crippen molar-refractivity contribution >= 4 is 15.2 Å². The first-order valence-corrected chi connectivity index (χ1v) is 5.36. The smallest absolute Gasteiger partial charge is 0.211 e. The van der Waals surface area contributed by atoms with Gasteiger partial charge in [-0.25, -0.2) is 0 Å². The molecule has 0 spiro atoms. The van der Waals surface area contributed by atoms with Crippen LogP contribution in [0.2, 0.25) is 11.6 Å². The van der Waals surface area contributed by atoms with Crippen LogP contribution in [0.4, 0.5) is 0 Å². The highest BCUT2D eigenvalue weighted by Gasteiger charge is 1.79. The van der Waals surface area contributed by atoms with Gasteiger partial charge in [-0.3, -0.25) is 0 Å². The molecule has 0 atom stereocenters. The second kappa shape index (κ2) is 15.8. The maximum Gasteiger partial charge on any atom is 0.211 e. The molecule has 3 heteroatoms. The number of ether oxygens (including phenoxy) is 2. The third-order valence-electron chi connectivity index (χ3n) is 0.482. The van der Waals surface area contributed by atoms with Gasteiger partial charge in [0.1, 0.15) is 7.11 Å². The van der Waals surface area contributed by atoms with E-state index in [1.807, 2.05) is 0 Å². The molecule has 0 aliphatic carbocycles. The average molecular weight is 148 g/mol. The quantitative estimate of drug-likeness (QED) is 0.237. The van der Waals surface area contributed by atoms with Gasteiger partial charge in [0.25, 0.3) is 0 Å². The first-order chi connectivity index (χ1) is 4.33. The van der Waals surface area contributed by atoms with Crippen LogP contribution in [0.5, 0.6) is 0 Å². The predicted octanol–water partition coefficient (Wildman–Crippen LogP) is 0.251. The summed E-state index contributed by atoms with van der Waals surface area (Å²) >= 11 is 0.750. The summed E-state index contributed by atoms with van der Waals surface area (Å²) in [5, 5.41) is 0. The largest absolute Gasteiger partial charge is 0.576 e. The molecule has 0 saturated carbocycles. The maximum atomic E-state index is 3.79. The molecule has 1 radical (unpaired) electrons. The summed E-state index contributed by atoms with van der Waals surface area (Å²) in [4.78, 5) is 0. The van der Waals surface area contributed by atoms with Gasteiger partial charge in [0.15, 0.2) is 21.8 Å². The zero-order valence-corrected chi connectivity index (χ0v) is 7.75. The lowest BCUT2D eigenvalue weighted by molar-refractivity contribution is -0.0590. The van der Waals surface area contributed by atoms with Crippen molar-refractivity contribution in [3.8, 4) is 0 Å². The normalized spacial score (nSPS) is 7.56. The summed E-state index contributed by atoms with van der Waals surface area (Å²) in [7, 11) is 5.06. The lowest BCUT2D eigenvalue weighted by Gasteiger charge is -1.92. The Morgan fingerprint density at radius 2 is 1.78 bits per heavy atom. The number of aliphatic hydroxyl groups is 4. The van der Waals surface area contributed by atoms with Crippen molar-refractivity contribution in [3.05, 3.63) is 7.11 Å². The molecule has 2 nitrogen and oxygen atoms in total. The average Bonchev–Trinajstić information content (AvgIpc) is 1.86. The first-order valence-electron chi connectivity index (χ1n) is 3.05. The summed E-state index contributed by atoms with van der Waals surface area (Å²) in [6.45, 7) is 1.57. The molecule has 0 rings (SSSR count). The van der Waals surface area contributed by atoms with E-state index < -0.39 is 0 Å². The summed E-state index contributed by atoms with van der Waals surface area (Å²) in [5.74, 6) is 4.42. The fraction of sp³-hybridized carbons (Fsp3) is 0.833. The molecular weight excluding hydrogens is 131 g/mol. The van der Waals surface area contributed by atoms with E-state index in [-0.39, 0.29) is 0 Å². The van der Waals surface area contributed by atoms with Gasteiger partial charge in [-0.05, 0) is 0 Å². The number of hydrogen-bond donors (Lipinski definition) is 0. The van der Waals surface area contributed by atoms with Crippen LogP contribution in [0.3, 0.4) is 0 Å². The van der Waals surface area contributed by atoms with Gasteiger partial charge < -0.3 is 9.47 Å². The van der Waals surface area contributed by atoms with Gasteiger partial charge in [0.05, 0.1) is 0 Å². The third kappa shape index (κ3) is 29.5. The molecule has 0 aromatic rings. The summed E-state index contributed by atoms with van der Waals surface area (Å²) in [5.41, 5.74) is 0. The third-order valence-corrected chi connectivity index (χ3v) is 0.482. The number of rotatable bonds is 3. The zero-order valence-electron chi connectivity index (χ0n) is 6.59. The molecule has 0 aliphatic rings. The van der Waals surface area contributed by atoms with Crippen LogP contribution in [0.25, 0.3) is 0 Å². The minimum atomic E-state index is 0.750. The van der Waals surface area contributed by atoms with E-state index in [2.05, 4.69) is 28.2 Å². The van der Waals surface area contributed by atoms with E-state index >= 15 is 0 Å². The Balaban J connectivity index is 0. The standard InChI is InChI=1S/C4H10O2.2CH3.Al/c1-5-3-4-6-2;;;/h5H,1,3-4H2,2H3;2*1H3;/p+1. The Bertz CT molecular complexity index is 30.2. The van der Waals surface area contributed by atoms with Crippen molar-refractivity contribution in [1.82, 2.24) is 0 Å². The molecule has 9 heavy (non-hydrogen) atoms. The molecule has 0 aromatic heterocycles. The van der Waals surface area contributed by atoms with Gasteiger partial charge in [-0.1, -0.05) is 7.11 Å². The van der Waals surface area contributed by atoms with Crippen molar-refractivity contribution in [1.29, 1.82) is 0 Å². The lowest BCUT2D eigenvalue weighted by Crippen LogP contribution is -2.02. The van der Waals surface area contributed by atoms with Crippen molar-refractivity contribution in [3.63, 3.8) is 0 Å². The highest BCUT2D eigenvalue weighted by Crippen LogP contribution is 1.59. The van der Waals surface area contributed by atoms with Gasteiger partial charge in [0.2, 0.25) is 6.61 Å². The molecule has 0 amide bonds. The van der Waals surface area contributed by atoms with Gasteiger partial charge in [0, 0.05) is 0 Å². The van der Waals surface area contributed by atoms with E-state index in [9.17, 15) is 0 Å². The van der Waals surface area contributed by atoms with E-state index in [4.69, 9.17) is 0 Å². The zero-order chi connectivity index (χ0) is 7.54. The molecular formula is C6H17AlO2+. The molecule has 0 unspecified atom stereocenters. The van der Waals surface area contributed by atoms with Crippen molar-refractivity contribution in [2.24, 2.45) is 0 Å². The molecule has 0 saturated heterocycles. The topological polar surface area (TPSA) is 25.6 Å². The molecule has 0 aromatic carbocycles. The highest BCUT2D eigenvalue weighted by atomic mass is 27.1. The highest BCUT2D eigenvalue weighted by molar-refractivity contribution is 6.31. The predicted molar refractivity (Wildman–Crippen MR) is 42.9 cm³/mol. The molecule has 55 valence electrons. The van der Waals surface area contributed by atoms with Crippen molar-refractivity contribution in [2.75, 3.05) is 20.3 Å². The monoisotopic (exact) mass is 148 g/mol. The summed E-state index contributed by atoms with van der Waals surface area (Å²) < 4.78 is 7.37. The Hall–Kier alpha value is 0.452. The maximum absolute atomic E-state index is 3.79. The molecule has 0 aliphatic heterocycles. The van der Waals surface area contributed by atoms with E-state index in [1.165, 1.54) is 0 Å². The van der Waals surface area contributed by atoms with Crippen LogP contribution < -0.4 is 0 Å². The SMILES string of the molecule is [CH2-][OH+]CC[OH+]C.[CH3][Al][CH3]. The van der Waals surface area contributed by atoms with Gasteiger partial charge in [-0.2, -0.15) is 0 Å². The summed E-state index contributed by atoms with van der Waals surface area (Å²) in [6, 6.07) is 0. The Labute approximate surface area is 64.3 Å². The lowest BCUT2D eigenvalue weighted by atomic mass is 10.8. The molecule has 2 N–H and O–H groups in total. The second-order valence-electron chi connectivity index (χ2n) is 1.56. The second-order valence-corrected chi connectivity index (χ2v) is 2.72. The van der Waals surface area contributed by atoms with Crippen LogP contribution in [0.1, 0.15) is 0 Å². The minimum Gasteiger partial charge on any atom is -0.576 e. The van der Waals surface area contributed by atoms with Crippen LogP contribution in [0.15, 0.2) is 0 Å². The van der Waals surface area contributed by atoms with Crippen LogP contribution in [-0.2, 0) is 0 Å². The van der Waals surface area contributed by atoms with Crippen LogP contribution >= 0.6 is 0 Å². The van der Waals surface area contributed by atoms with Gasteiger partial charge in [-0.15, -0.1) is 11.6 Å². The fourth-order valence-corrected chi connectivity index (χ4v) is 0.171. The Morgan fingerprint density at radius 1 is 1.33 bits per heavy atom. The van der Waals surface area contributed by atoms with E-state index in [0.717, 1.165) is 28.4 Å². The van der Waals surface area contributed by atoms with E-state index in [0.29, 0.717) is 0 Å². The molecule has 0 heterocycles.